The van der Waals surface area contributed by atoms with Crippen molar-refractivity contribution in [2.45, 2.75) is 12.1 Å². The highest BCUT2D eigenvalue weighted by atomic mass is 35.5. The second-order valence-electron chi connectivity index (χ2n) is 4.48. The molecule has 0 fully saturated rings. The van der Waals surface area contributed by atoms with Crippen LogP contribution in [0.4, 0.5) is 13.2 Å². The first-order valence-corrected chi connectivity index (χ1v) is 5.95. The van der Waals surface area contributed by atoms with Gasteiger partial charge in [0.1, 0.15) is 11.7 Å². The molecule has 19 heavy (non-hydrogen) atoms. The average Bonchev–Trinajstić information content (AvgIpc) is 2.62. The Morgan fingerprint density at radius 1 is 0.947 bits per heavy atom. The van der Waals surface area contributed by atoms with Crippen molar-refractivity contribution in [1.29, 1.82) is 0 Å². The van der Waals surface area contributed by atoms with E-state index in [-0.39, 0.29) is 16.9 Å². The van der Waals surface area contributed by atoms with Crippen molar-refractivity contribution >= 4 is 11.6 Å². The molecule has 0 saturated carbocycles. The molecule has 0 bridgehead atoms. The zero-order valence-corrected chi connectivity index (χ0v) is 10.3. The lowest BCUT2D eigenvalue weighted by atomic mass is 9.96. The summed E-state index contributed by atoms with van der Waals surface area (Å²) in [5.74, 6) is -1.72. The third-order valence-electron chi connectivity index (χ3n) is 3.29. The smallest absolute Gasteiger partial charge is 0.399 e. The summed E-state index contributed by atoms with van der Waals surface area (Å²) in [4.78, 5) is 0. The molecule has 1 unspecified atom stereocenters. The monoisotopic (exact) mass is 284 g/mol. The second-order valence-corrected chi connectivity index (χ2v) is 4.91. The molecule has 3 rings (SSSR count). The predicted molar refractivity (Wildman–Crippen MR) is 66.5 cm³/mol. The maximum Gasteiger partial charge on any atom is 0.399 e. The number of phenols is 1. The number of rotatable bonds is 0. The average molecular weight is 285 g/mol. The van der Waals surface area contributed by atoms with E-state index < -0.39 is 12.1 Å². The molecule has 0 amide bonds. The van der Waals surface area contributed by atoms with Gasteiger partial charge in [0.25, 0.3) is 0 Å². The fourth-order valence-corrected chi connectivity index (χ4v) is 2.74. The first-order chi connectivity index (χ1) is 8.88. The third kappa shape index (κ3) is 1.87. The first kappa shape index (κ1) is 12.4. The highest BCUT2D eigenvalue weighted by Crippen LogP contribution is 2.53. The van der Waals surface area contributed by atoms with Crippen LogP contribution in [0.1, 0.15) is 17.0 Å². The van der Waals surface area contributed by atoms with Gasteiger partial charge in [-0.15, -0.1) is 0 Å². The van der Waals surface area contributed by atoms with Gasteiger partial charge in [0, 0.05) is 5.02 Å². The van der Waals surface area contributed by atoms with Crippen molar-refractivity contribution in [3.8, 4) is 16.9 Å². The fraction of sp³-hybridized carbons (Fsp3) is 0.143. The molecule has 1 atom stereocenters. The summed E-state index contributed by atoms with van der Waals surface area (Å²) in [5.41, 5.74) is 1.15. The summed E-state index contributed by atoms with van der Waals surface area (Å²) in [6.45, 7) is 0. The van der Waals surface area contributed by atoms with Crippen molar-refractivity contribution in [2.75, 3.05) is 0 Å². The van der Waals surface area contributed by atoms with Crippen LogP contribution in [0.15, 0.2) is 36.4 Å². The topological polar surface area (TPSA) is 20.2 Å². The van der Waals surface area contributed by atoms with Crippen LogP contribution in [0.25, 0.3) is 11.1 Å². The summed E-state index contributed by atoms with van der Waals surface area (Å²) in [6, 6.07) is 8.27. The van der Waals surface area contributed by atoms with Crippen molar-refractivity contribution in [3.05, 3.63) is 52.5 Å². The van der Waals surface area contributed by atoms with Gasteiger partial charge in [0.15, 0.2) is 0 Å². The Hall–Kier alpha value is -1.68. The summed E-state index contributed by atoms with van der Waals surface area (Å²) in [7, 11) is 0. The molecule has 0 heterocycles. The van der Waals surface area contributed by atoms with E-state index in [4.69, 9.17) is 11.6 Å². The predicted octanol–water partition coefficient (Wildman–Crippen LogP) is 4.72. The number of halogens is 4. The molecule has 0 radical (unpaired) electrons. The molecule has 1 aliphatic rings. The van der Waals surface area contributed by atoms with Crippen LogP contribution in [-0.4, -0.2) is 11.3 Å². The van der Waals surface area contributed by atoms with Crippen molar-refractivity contribution in [3.63, 3.8) is 0 Å². The summed E-state index contributed by atoms with van der Waals surface area (Å²) in [5, 5.41) is 9.84. The third-order valence-corrected chi connectivity index (χ3v) is 3.53. The molecule has 1 N–H and O–H groups in total. The Morgan fingerprint density at radius 2 is 1.53 bits per heavy atom. The highest BCUT2D eigenvalue weighted by Gasteiger charge is 2.47. The number of benzene rings is 2. The summed E-state index contributed by atoms with van der Waals surface area (Å²) in [6.07, 6.45) is -4.37. The van der Waals surface area contributed by atoms with E-state index >= 15 is 0 Å². The van der Waals surface area contributed by atoms with Crippen molar-refractivity contribution < 1.29 is 18.3 Å². The Labute approximate surface area is 112 Å². The molecular weight excluding hydrogens is 277 g/mol. The number of alkyl halides is 3. The molecule has 0 aromatic heterocycles. The van der Waals surface area contributed by atoms with Gasteiger partial charge < -0.3 is 5.11 Å². The second kappa shape index (κ2) is 3.90. The van der Waals surface area contributed by atoms with Gasteiger partial charge in [-0.2, -0.15) is 13.2 Å². The summed E-state index contributed by atoms with van der Waals surface area (Å²) >= 11 is 5.85. The van der Waals surface area contributed by atoms with Crippen LogP contribution >= 0.6 is 11.6 Å². The minimum Gasteiger partial charge on any atom is -0.508 e. The Kier molecular flexibility index (Phi) is 2.54. The first-order valence-electron chi connectivity index (χ1n) is 5.57. The van der Waals surface area contributed by atoms with E-state index in [1.807, 2.05) is 0 Å². The lowest BCUT2D eigenvalue weighted by Crippen LogP contribution is -2.19. The van der Waals surface area contributed by atoms with E-state index in [0.717, 1.165) is 0 Å². The molecule has 2 aromatic carbocycles. The van der Waals surface area contributed by atoms with Gasteiger partial charge in [-0.25, -0.2) is 0 Å². The van der Waals surface area contributed by atoms with E-state index in [0.29, 0.717) is 16.1 Å². The molecule has 0 spiro atoms. The van der Waals surface area contributed by atoms with E-state index in [1.165, 1.54) is 36.4 Å². The van der Waals surface area contributed by atoms with Crippen LogP contribution < -0.4 is 0 Å². The molecular formula is C14H8ClF3O. The molecule has 5 heteroatoms. The largest absolute Gasteiger partial charge is 0.508 e. The van der Waals surface area contributed by atoms with E-state index in [2.05, 4.69) is 0 Å². The number of hydrogen-bond acceptors (Lipinski definition) is 1. The van der Waals surface area contributed by atoms with Gasteiger partial charge in [-0.1, -0.05) is 23.7 Å². The Bertz CT molecular complexity index is 613. The maximum absolute atomic E-state index is 13.2. The maximum atomic E-state index is 13.2. The molecule has 1 aliphatic carbocycles. The zero-order chi connectivity index (χ0) is 13.8. The molecule has 1 nitrogen and oxygen atoms in total. The molecule has 0 aliphatic heterocycles. The van der Waals surface area contributed by atoms with Gasteiger partial charge in [0.05, 0.1) is 0 Å². The quantitative estimate of drug-likeness (QED) is 0.742. The SMILES string of the molecule is Oc1ccc2c(c1)-c1cc(Cl)ccc1C2C(F)(F)F. The van der Waals surface area contributed by atoms with Crippen LogP contribution in [-0.2, 0) is 0 Å². The van der Waals surface area contributed by atoms with Gasteiger partial charge in [-0.3, -0.25) is 0 Å². The summed E-state index contributed by atoms with van der Waals surface area (Å²) < 4.78 is 39.7. The number of fused-ring (bicyclic) bond motifs is 3. The van der Waals surface area contributed by atoms with Crippen LogP contribution in [0.2, 0.25) is 5.02 Å². The standard InChI is InChI=1S/C14H8ClF3O/c15-7-1-3-9-11(5-7)12-6-8(19)2-4-10(12)13(9)14(16,17)18/h1-6,13,19H. The van der Waals surface area contributed by atoms with E-state index in [9.17, 15) is 18.3 Å². The molecule has 2 aromatic rings. The van der Waals surface area contributed by atoms with Gasteiger partial charge >= 0.3 is 6.18 Å². The normalized spacial score (nSPS) is 17.2. The Balaban J connectivity index is 2.33. The minimum absolute atomic E-state index is 0.0625. The number of phenolic OH excluding ortho intramolecular Hbond substituents is 1. The van der Waals surface area contributed by atoms with Gasteiger partial charge in [0.2, 0.25) is 0 Å². The highest BCUT2D eigenvalue weighted by molar-refractivity contribution is 6.31. The number of aromatic hydroxyl groups is 1. The molecule has 98 valence electrons. The minimum atomic E-state index is -4.37. The van der Waals surface area contributed by atoms with Crippen LogP contribution in [0, 0.1) is 0 Å². The van der Waals surface area contributed by atoms with Gasteiger partial charge in [-0.05, 0) is 46.5 Å². The van der Waals surface area contributed by atoms with Crippen LogP contribution in [0.3, 0.4) is 0 Å². The Morgan fingerprint density at radius 3 is 2.16 bits per heavy atom. The lowest BCUT2D eigenvalue weighted by Gasteiger charge is -2.17. The van der Waals surface area contributed by atoms with Crippen molar-refractivity contribution in [2.24, 2.45) is 0 Å². The number of hydrogen-bond donors (Lipinski definition) is 1. The van der Waals surface area contributed by atoms with Crippen LogP contribution in [0.5, 0.6) is 5.75 Å². The lowest BCUT2D eigenvalue weighted by molar-refractivity contribution is -0.140. The molecule has 0 saturated heterocycles. The van der Waals surface area contributed by atoms with Crippen molar-refractivity contribution in [1.82, 2.24) is 0 Å². The fourth-order valence-electron chi connectivity index (χ4n) is 2.56. The zero-order valence-electron chi connectivity index (χ0n) is 9.50. The van der Waals surface area contributed by atoms with E-state index in [1.54, 1.807) is 0 Å².